The number of carbonyl (C=O) groups excluding carboxylic acids is 1. The van der Waals surface area contributed by atoms with Crippen molar-refractivity contribution in [2.75, 3.05) is 18.0 Å². The maximum absolute atomic E-state index is 12.4. The Labute approximate surface area is 146 Å². The molecule has 7 nitrogen and oxygen atoms in total. The molecule has 3 aromatic heterocycles. The summed E-state index contributed by atoms with van der Waals surface area (Å²) in [6.07, 6.45) is 5.47. The minimum atomic E-state index is -0.304. The van der Waals surface area contributed by atoms with Gasteiger partial charge in [0.25, 0.3) is 0 Å². The minimum absolute atomic E-state index is 0.170. The van der Waals surface area contributed by atoms with Crippen LogP contribution in [0.5, 0.6) is 0 Å². The Balaban J connectivity index is 1.43. The molecule has 1 atom stereocenters. The monoisotopic (exact) mass is 363 g/mol. The Morgan fingerprint density at radius 2 is 2.33 bits per heavy atom. The van der Waals surface area contributed by atoms with Crippen molar-refractivity contribution in [2.45, 2.75) is 12.5 Å². The molecule has 0 bridgehead atoms. The smallest absolute Gasteiger partial charge is 0.348 e. The molecule has 0 unspecified atom stereocenters. The predicted molar refractivity (Wildman–Crippen MR) is 91.7 cm³/mol. The number of thiophene rings is 1. The van der Waals surface area contributed by atoms with E-state index in [1.165, 1.54) is 17.5 Å². The van der Waals surface area contributed by atoms with Gasteiger partial charge in [-0.1, -0.05) is 11.6 Å². The molecule has 0 spiro atoms. The topological polar surface area (TPSA) is 73.1 Å². The number of hydrogen-bond donors (Lipinski definition) is 0. The van der Waals surface area contributed by atoms with Crippen LogP contribution >= 0.6 is 22.9 Å². The number of esters is 1. The van der Waals surface area contributed by atoms with Crippen LogP contribution in [-0.4, -0.2) is 44.7 Å². The Hall–Kier alpha value is -2.19. The minimum Gasteiger partial charge on any atom is -0.456 e. The van der Waals surface area contributed by atoms with Crippen LogP contribution in [0.15, 0.2) is 24.8 Å². The number of hydrogen-bond acceptors (Lipinski definition) is 7. The molecule has 0 N–H and O–H groups in total. The highest BCUT2D eigenvalue weighted by atomic mass is 35.5. The standard InChI is InChI=1S/C15H14ClN5O2S/c1-20-8-18-14-10(20)4-11(24-14)15(22)23-9-2-3-21(7-9)13-6-17-5-12(16)19-13/h4-6,8-9H,2-3,7H2,1H3/t9-/m0/s1. The van der Waals surface area contributed by atoms with Crippen molar-refractivity contribution in [1.29, 1.82) is 0 Å². The average Bonchev–Trinajstić information content (AvgIpc) is 3.25. The molecular formula is C15H14ClN5O2S. The van der Waals surface area contributed by atoms with E-state index in [9.17, 15) is 4.79 Å². The Kier molecular flexibility index (Phi) is 3.85. The van der Waals surface area contributed by atoms with Crippen LogP contribution in [0.2, 0.25) is 5.15 Å². The van der Waals surface area contributed by atoms with Gasteiger partial charge in [0.15, 0.2) is 0 Å². The zero-order chi connectivity index (χ0) is 16.7. The molecule has 9 heteroatoms. The van der Waals surface area contributed by atoms with Crippen LogP contribution in [0.25, 0.3) is 10.3 Å². The molecule has 4 rings (SSSR count). The van der Waals surface area contributed by atoms with Gasteiger partial charge in [-0.25, -0.2) is 14.8 Å². The maximum Gasteiger partial charge on any atom is 0.348 e. The summed E-state index contributed by atoms with van der Waals surface area (Å²) in [5.74, 6) is 0.397. The van der Waals surface area contributed by atoms with Crippen molar-refractivity contribution in [3.05, 3.63) is 34.8 Å². The van der Waals surface area contributed by atoms with Gasteiger partial charge in [-0.2, -0.15) is 0 Å². The number of ether oxygens (including phenoxy) is 1. The Morgan fingerprint density at radius 3 is 3.12 bits per heavy atom. The fourth-order valence-electron chi connectivity index (χ4n) is 2.75. The van der Waals surface area contributed by atoms with Gasteiger partial charge in [0.05, 0.1) is 30.8 Å². The second-order valence-corrected chi connectivity index (χ2v) is 7.04. The lowest BCUT2D eigenvalue weighted by atomic mass is 10.3. The summed E-state index contributed by atoms with van der Waals surface area (Å²) >= 11 is 7.22. The largest absolute Gasteiger partial charge is 0.456 e. The summed E-state index contributed by atoms with van der Waals surface area (Å²) in [4.78, 5) is 28.3. The summed E-state index contributed by atoms with van der Waals surface area (Å²) in [7, 11) is 1.90. The highest BCUT2D eigenvalue weighted by Gasteiger charge is 2.28. The number of fused-ring (bicyclic) bond motifs is 1. The second kappa shape index (κ2) is 6.03. The van der Waals surface area contributed by atoms with E-state index in [-0.39, 0.29) is 12.1 Å². The highest BCUT2D eigenvalue weighted by Crippen LogP contribution is 2.26. The second-order valence-electron chi connectivity index (χ2n) is 5.62. The van der Waals surface area contributed by atoms with Crippen molar-refractivity contribution < 1.29 is 9.53 Å². The molecule has 1 saturated heterocycles. The van der Waals surface area contributed by atoms with E-state index in [1.807, 2.05) is 22.6 Å². The van der Waals surface area contributed by atoms with Crippen molar-refractivity contribution in [1.82, 2.24) is 19.5 Å². The first-order valence-electron chi connectivity index (χ1n) is 7.44. The van der Waals surface area contributed by atoms with Gasteiger partial charge in [0.2, 0.25) is 0 Å². The van der Waals surface area contributed by atoms with Crippen molar-refractivity contribution in [3.8, 4) is 0 Å². The van der Waals surface area contributed by atoms with Crippen LogP contribution in [-0.2, 0) is 11.8 Å². The third kappa shape index (κ3) is 2.83. The van der Waals surface area contributed by atoms with Gasteiger partial charge in [-0.15, -0.1) is 11.3 Å². The van der Waals surface area contributed by atoms with E-state index >= 15 is 0 Å². The Bertz CT molecular complexity index is 908. The summed E-state index contributed by atoms with van der Waals surface area (Å²) < 4.78 is 7.52. The maximum atomic E-state index is 12.4. The lowest BCUT2D eigenvalue weighted by molar-refractivity contribution is 0.0354. The van der Waals surface area contributed by atoms with Crippen LogP contribution in [0.4, 0.5) is 5.82 Å². The Morgan fingerprint density at radius 1 is 1.46 bits per heavy atom. The highest BCUT2D eigenvalue weighted by molar-refractivity contribution is 7.20. The van der Waals surface area contributed by atoms with Crippen molar-refractivity contribution >= 4 is 45.1 Å². The number of nitrogens with zero attached hydrogens (tertiary/aromatic N) is 5. The van der Waals surface area contributed by atoms with E-state index in [1.54, 1.807) is 12.5 Å². The van der Waals surface area contributed by atoms with Gasteiger partial charge >= 0.3 is 5.97 Å². The summed E-state index contributed by atoms with van der Waals surface area (Å²) in [6, 6.07) is 1.82. The lowest BCUT2D eigenvalue weighted by Crippen LogP contribution is -2.25. The first kappa shape index (κ1) is 15.3. The molecule has 0 saturated carbocycles. The quantitative estimate of drug-likeness (QED) is 0.666. The molecule has 0 aromatic carbocycles. The van der Waals surface area contributed by atoms with E-state index < -0.39 is 0 Å². The third-order valence-electron chi connectivity index (χ3n) is 3.96. The van der Waals surface area contributed by atoms with Crippen LogP contribution in [0.3, 0.4) is 0 Å². The molecular weight excluding hydrogens is 350 g/mol. The summed E-state index contributed by atoms with van der Waals surface area (Å²) in [6.45, 7) is 1.34. The summed E-state index contributed by atoms with van der Waals surface area (Å²) in [5.41, 5.74) is 0.939. The van der Waals surface area contributed by atoms with Gasteiger partial charge in [-0.3, -0.25) is 4.98 Å². The first-order valence-corrected chi connectivity index (χ1v) is 8.64. The third-order valence-corrected chi connectivity index (χ3v) is 5.15. The van der Waals surface area contributed by atoms with Crippen LogP contribution in [0.1, 0.15) is 16.1 Å². The molecule has 1 aliphatic rings. The number of halogens is 1. The van der Waals surface area contributed by atoms with Gasteiger partial charge < -0.3 is 14.2 Å². The number of anilines is 1. The number of aromatic nitrogens is 4. The van der Waals surface area contributed by atoms with Gasteiger partial charge in [0, 0.05) is 20.0 Å². The van der Waals surface area contributed by atoms with E-state index in [0.717, 1.165) is 23.3 Å². The van der Waals surface area contributed by atoms with E-state index in [0.29, 0.717) is 22.4 Å². The van der Waals surface area contributed by atoms with E-state index in [2.05, 4.69) is 15.0 Å². The fraction of sp³-hybridized carbons (Fsp3) is 0.333. The normalized spacial score (nSPS) is 17.6. The number of aryl methyl sites for hydroxylation is 1. The first-order chi connectivity index (χ1) is 11.6. The molecule has 0 aliphatic carbocycles. The van der Waals surface area contributed by atoms with Gasteiger partial charge in [0.1, 0.15) is 26.8 Å². The van der Waals surface area contributed by atoms with E-state index in [4.69, 9.17) is 16.3 Å². The summed E-state index contributed by atoms with van der Waals surface area (Å²) in [5, 5.41) is 0.353. The average molecular weight is 364 g/mol. The fourth-order valence-corrected chi connectivity index (χ4v) is 3.81. The van der Waals surface area contributed by atoms with Crippen molar-refractivity contribution in [3.63, 3.8) is 0 Å². The molecule has 0 amide bonds. The van der Waals surface area contributed by atoms with Crippen molar-refractivity contribution in [2.24, 2.45) is 7.05 Å². The zero-order valence-corrected chi connectivity index (χ0v) is 14.4. The lowest BCUT2D eigenvalue weighted by Gasteiger charge is -2.16. The SMILES string of the molecule is Cn1cnc2sc(C(=O)O[C@H]3CCN(c4cncc(Cl)n4)C3)cc21. The van der Waals surface area contributed by atoms with Crippen LogP contribution < -0.4 is 4.90 Å². The molecule has 1 aliphatic heterocycles. The number of rotatable bonds is 3. The molecule has 24 heavy (non-hydrogen) atoms. The molecule has 1 fully saturated rings. The van der Waals surface area contributed by atoms with Gasteiger partial charge in [-0.05, 0) is 6.07 Å². The zero-order valence-electron chi connectivity index (χ0n) is 12.8. The number of carbonyl (C=O) groups is 1. The predicted octanol–water partition coefficient (Wildman–Crippen LogP) is 2.51. The molecule has 0 radical (unpaired) electrons. The molecule has 4 heterocycles. The van der Waals surface area contributed by atoms with Crippen LogP contribution in [0, 0.1) is 0 Å². The number of imidazole rings is 1. The molecule has 3 aromatic rings. The molecule has 124 valence electrons.